The third-order valence-electron chi connectivity index (χ3n) is 1.96. The molecule has 60 valence electrons. The Morgan fingerprint density at radius 3 is 3.17 bits per heavy atom. The molecule has 1 aromatic heterocycles. The lowest BCUT2D eigenvalue weighted by atomic mass is 10.3. The third-order valence-corrected chi connectivity index (χ3v) is 1.96. The van der Waals surface area contributed by atoms with Crippen molar-refractivity contribution in [2.24, 2.45) is 0 Å². The summed E-state index contributed by atoms with van der Waals surface area (Å²) in [7, 11) is 0. The van der Waals surface area contributed by atoms with E-state index in [-0.39, 0.29) is 0 Å². The minimum Gasteiger partial charge on any atom is -0.253 e. The first-order chi connectivity index (χ1) is 5.86. The molecule has 0 N–H and O–H groups in total. The van der Waals surface area contributed by atoms with Gasteiger partial charge in [-0.25, -0.2) is 0 Å². The number of allylic oxidation sites excluding steroid dienone is 2. The first-order valence-corrected chi connectivity index (χ1v) is 4.17. The van der Waals surface area contributed by atoms with E-state index in [0.717, 1.165) is 17.5 Å². The molecule has 1 heteroatoms. The van der Waals surface area contributed by atoms with Crippen LogP contribution in [0.15, 0.2) is 24.3 Å². The van der Waals surface area contributed by atoms with Crippen molar-refractivity contribution in [1.82, 2.24) is 4.98 Å². The van der Waals surface area contributed by atoms with Gasteiger partial charge in [0.15, 0.2) is 0 Å². The molecule has 2 rings (SSSR count). The average molecular weight is 157 g/mol. The Hall–Kier alpha value is -1.37. The van der Waals surface area contributed by atoms with Crippen LogP contribution in [-0.4, -0.2) is 4.98 Å². The fourth-order valence-electron chi connectivity index (χ4n) is 1.33. The zero-order valence-electron chi connectivity index (χ0n) is 7.12. The van der Waals surface area contributed by atoms with Crippen LogP contribution in [0.2, 0.25) is 0 Å². The van der Waals surface area contributed by atoms with Gasteiger partial charge < -0.3 is 0 Å². The number of pyridine rings is 1. The predicted octanol–water partition coefficient (Wildman–Crippen LogP) is 0.911. The van der Waals surface area contributed by atoms with E-state index in [1.54, 1.807) is 0 Å². The molecule has 12 heavy (non-hydrogen) atoms. The molecule has 0 fully saturated rings. The number of fused-ring (bicyclic) bond motifs is 1. The van der Waals surface area contributed by atoms with Crippen LogP contribution >= 0.6 is 0 Å². The third kappa shape index (κ3) is 1.30. The average Bonchev–Trinajstić information content (AvgIpc) is 2.28. The van der Waals surface area contributed by atoms with Gasteiger partial charge in [-0.3, -0.25) is 4.98 Å². The highest BCUT2D eigenvalue weighted by atomic mass is 14.7. The molecule has 0 atom stereocenters. The summed E-state index contributed by atoms with van der Waals surface area (Å²) in [6.07, 6.45) is 9.47. The second-order valence-corrected chi connectivity index (χ2v) is 2.96. The van der Waals surface area contributed by atoms with Gasteiger partial charge in [-0.2, -0.15) is 0 Å². The van der Waals surface area contributed by atoms with Crippen LogP contribution in [0.25, 0.3) is 12.2 Å². The smallest absolute Gasteiger partial charge is 0.0701 e. The van der Waals surface area contributed by atoms with Crippen molar-refractivity contribution in [3.63, 3.8) is 0 Å². The standard InChI is InChI=1S/C11H11N/c1-9-7-8-10-5-3-2-4-6-11(10)12-9/h2,4-8H,3H2,1H3. The number of hydrogen-bond acceptors (Lipinski definition) is 1. The maximum Gasteiger partial charge on any atom is 0.0701 e. The highest BCUT2D eigenvalue weighted by molar-refractivity contribution is 5.42. The number of hydrogen-bond donors (Lipinski definition) is 0. The topological polar surface area (TPSA) is 12.9 Å². The van der Waals surface area contributed by atoms with Gasteiger partial charge in [0.25, 0.3) is 0 Å². The molecule has 1 aliphatic rings. The molecule has 0 aliphatic heterocycles. The first-order valence-electron chi connectivity index (χ1n) is 4.17. The molecular weight excluding hydrogens is 146 g/mol. The highest BCUT2D eigenvalue weighted by Crippen LogP contribution is 1.89. The Bertz CT molecular complexity index is 427. The Kier molecular flexibility index (Phi) is 1.78. The number of nitrogens with zero attached hydrogens (tertiary/aromatic N) is 1. The molecule has 1 heterocycles. The second-order valence-electron chi connectivity index (χ2n) is 2.96. The van der Waals surface area contributed by atoms with Gasteiger partial charge in [0, 0.05) is 5.69 Å². The lowest BCUT2D eigenvalue weighted by Gasteiger charge is -1.91. The number of aromatic nitrogens is 1. The zero-order chi connectivity index (χ0) is 8.39. The van der Waals surface area contributed by atoms with E-state index in [2.05, 4.69) is 41.4 Å². The van der Waals surface area contributed by atoms with Crippen molar-refractivity contribution in [2.75, 3.05) is 0 Å². The summed E-state index contributed by atoms with van der Waals surface area (Å²) in [5.41, 5.74) is 1.08. The Morgan fingerprint density at radius 1 is 1.33 bits per heavy atom. The van der Waals surface area contributed by atoms with Crippen LogP contribution in [0.3, 0.4) is 0 Å². The fraction of sp³-hybridized carbons (Fsp3) is 0.182. The molecule has 0 saturated carbocycles. The summed E-state index contributed by atoms with van der Waals surface area (Å²) in [5, 5.41) is 2.33. The van der Waals surface area contributed by atoms with Gasteiger partial charge in [0.2, 0.25) is 0 Å². The summed E-state index contributed by atoms with van der Waals surface area (Å²) in [4.78, 5) is 4.44. The van der Waals surface area contributed by atoms with E-state index >= 15 is 0 Å². The van der Waals surface area contributed by atoms with Crippen molar-refractivity contribution < 1.29 is 0 Å². The summed E-state index contributed by atoms with van der Waals surface area (Å²) >= 11 is 0. The van der Waals surface area contributed by atoms with Crippen LogP contribution in [0.4, 0.5) is 0 Å². The fourth-order valence-corrected chi connectivity index (χ4v) is 1.33. The lowest BCUT2D eigenvalue weighted by Crippen LogP contribution is -2.27. The van der Waals surface area contributed by atoms with Gasteiger partial charge in [-0.1, -0.05) is 24.3 Å². The van der Waals surface area contributed by atoms with Gasteiger partial charge in [0.05, 0.1) is 5.35 Å². The quantitative estimate of drug-likeness (QED) is 0.545. The summed E-state index contributed by atoms with van der Waals surface area (Å²) < 4.78 is 0. The summed E-state index contributed by atoms with van der Waals surface area (Å²) in [6.45, 7) is 2.02. The van der Waals surface area contributed by atoms with Crippen molar-refractivity contribution >= 4 is 12.2 Å². The molecule has 1 aliphatic carbocycles. The van der Waals surface area contributed by atoms with Crippen LogP contribution in [-0.2, 0) is 0 Å². The molecule has 0 bridgehead atoms. The van der Waals surface area contributed by atoms with Gasteiger partial charge in [-0.15, -0.1) is 0 Å². The maximum absolute atomic E-state index is 4.44. The van der Waals surface area contributed by atoms with E-state index in [1.807, 2.05) is 6.92 Å². The largest absolute Gasteiger partial charge is 0.253 e. The molecule has 0 unspecified atom stereocenters. The van der Waals surface area contributed by atoms with E-state index in [9.17, 15) is 0 Å². The van der Waals surface area contributed by atoms with Crippen molar-refractivity contribution in [1.29, 1.82) is 0 Å². The molecule has 0 saturated heterocycles. The summed E-state index contributed by atoms with van der Waals surface area (Å²) in [5.74, 6) is 0. The van der Waals surface area contributed by atoms with Crippen LogP contribution in [0.5, 0.6) is 0 Å². The van der Waals surface area contributed by atoms with E-state index in [0.29, 0.717) is 0 Å². The minimum absolute atomic E-state index is 1.01. The Morgan fingerprint density at radius 2 is 2.25 bits per heavy atom. The molecule has 0 spiro atoms. The molecule has 1 nitrogen and oxygen atoms in total. The summed E-state index contributed by atoms with van der Waals surface area (Å²) in [6, 6.07) is 4.18. The molecule has 1 aromatic rings. The van der Waals surface area contributed by atoms with Crippen LogP contribution in [0, 0.1) is 6.92 Å². The van der Waals surface area contributed by atoms with Crippen molar-refractivity contribution in [3.8, 4) is 0 Å². The normalized spacial score (nSPS) is 14.1. The van der Waals surface area contributed by atoms with E-state index in [1.165, 1.54) is 5.22 Å². The SMILES string of the molecule is Cc1ccc2c(n1)=CC=CCC=2. The van der Waals surface area contributed by atoms with Crippen LogP contribution < -0.4 is 10.6 Å². The number of rotatable bonds is 0. The van der Waals surface area contributed by atoms with Gasteiger partial charge in [-0.05, 0) is 30.7 Å². The molecule has 0 aromatic carbocycles. The zero-order valence-corrected chi connectivity index (χ0v) is 7.12. The van der Waals surface area contributed by atoms with Crippen molar-refractivity contribution in [3.05, 3.63) is 40.5 Å². The second kappa shape index (κ2) is 2.94. The van der Waals surface area contributed by atoms with Crippen LogP contribution in [0.1, 0.15) is 12.1 Å². The van der Waals surface area contributed by atoms with Gasteiger partial charge in [0.1, 0.15) is 0 Å². The maximum atomic E-state index is 4.44. The van der Waals surface area contributed by atoms with Gasteiger partial charge >= 0.3 is 0 Å². The Balaban J connectivity index is 2.79. The predicted molar refractivity (Wildman–Crippen MR) is 50.9 cm³/mol. The lowest BCUT2D eigenvalue weighted by molar-refractivity contribution is 1.13. The Labute approximate surface area is 71.8 Å². The molecular formula is C11H11N. The first kappa shape index (κ1) is 7.29. The van der Waals surface area contributed by atoms with E-state index < -0.39 is 0 Å². The number of aryl methyl sites for hydroxylation is 1. The minimum atomic E-state index is 1.01. The monoisotopic (exact) mass is 157 g/mol. The molecule has 0 radical (unpaired) electrons. The van der Waals surface area contributed by atoms with Crippen molar-refractivity contribution in [2.45, 2.75) is 13.3 Å². The highest BCUT2D eigenvalue weighted by Gasteiger charge is 1.89. The van der Waals surface area contributed by atoms with E-state index in [4.69, 9.17) is 0 Å². The molecule has 0 amide bonds.